The number of hydrogen-bond donors (Lipinski definition) is 1. The van der Waals surface area contributed by atoms with Gasteiger partial charge in [0.05, 0.1) is 0 Å². The van der Waals surface area contributed by atoms with E-state index in [0.29, 0.717) is 18.6 Å². The van der Waals surface area contributed by atoms with Crippen molar-refractivity contribution >= 4 is 55.9 Å². The van der Waals surface area contributed by atoms with Gasteiger partial charge in [0.1, 0.15) is 0 Å². The number of carboxylic acid groups (broad SMARTS) is 1. The molecule has 0 aliphatic heterocycles. The number of isocyanates is 2. The Kier molecular flexibility index (Phi) is 45.9. The maximum atomic E-state index is 10.3. The number of rotatable bonds is 16. The SMILES string of the molecule is CCCCCCCCCCCCCCCCCC(=O)O.[Ca+2].[N-]=C=O.[N-]=C=O. The van der Waals surface area contributed by atoms with E-state index in [4.69, 9.17) is 25.5 Å². The Balaban J connectivity index is -0.000000331. The third-order valence-corrected chi connectivity index (χ3v) is 3.99. The molecule has 0 unspecified atom stereocenters. The van der Waals surface area contributed by atoms with Gasteiger partial charge in [-0.3, -0.25) is 14.4 Å². The fourth-order valence-corrected chi connectivity index (χ4v) is 2.65. The summed E-state index contributed by atoms with van der Waals surface area (Å²) in [7, 11) is 0. The molecule has 0 radical (unpaired) electrons. The maximum Gasteiger partial charge on any atom is 2.00 e. The van der Waals surface area contributed by atoms with E-state index in [1.54, 1.807) is 0 Å². The molecule has 6 nitrogen and oxygen atoms in total. The molecule has 0 aliphatic rings. The molecular weight excluding hydrogens is 372 g/mol. The van der Waals surface area contributed by atoms with Crippen LogP contribution in [0, 0.1) is 0 Å². The minimum Gasteiger partial charge on any atom is -0.724 e. The first-order chi connectivity index (χ1) is 12.6. The molecule has 0 heterocycles. The predicted molar refractivity (Wildman–Crippen MR) is 111 cm³/mol. The Bertz CT molecular complexity index is 342. The number of carbonyl (C=O) groups is 1. The molecule has 27 heavy (non-hydrogen) atoms. The molecule has 0 aliphatic carbocycles. The zero-order valence-electron chi connectivity index (χ0n) is 17.1. The van der Waals surface area contributed by atoms with E-state index in [0.717, 1.165) is 12.8 Å². The molecular formula is C20H36CaN2O4. The summed E-state index contributed by atoms with van der Waals surface area (Å²) in [6, 6.07) is 0. The van der Waals surface area contributed by atoms with Crippen LogP contribution >= 0.6 is 0 Å². The Morgan fingerprint density at radius 3 is 1.11 bits per heavy atom. The summed E-state index contributed by atoms with van der Waals surface area (Å²) in [5.74, 6) is -0.653. The molecule has 1 N–H and O–H groups in total. The van der Waals surface area contributed by atoms with Crippen molar-refractivity contribution in [2.75, 3.05) is 0 Å². The van der Waals surface area contributed by atoms with Gasteiger partial charge in [0.2, 0.25) is 0 Å². The zero-order chi connectivity index (χ0) is 20.3. The van der Waals surface area contributed by atoms with Crippen LogP contribution in [0.1, 0.15) is 110 Å². The van der Waals surface area contributed by atoms with E-state index in [-0.39, 0.29) is 37.7 Å². The number of carboxylic acids is 1. The molecule has 0 saturated carbocycles. The fourth-order valence-electron chi connectivity index (χ4n) is 2.65. The van der Waals surface area contributed by atoms with Gasteiger partial charge in [0.15, 0.2) is 0 Å². The Morgan fingerprint density at radius 2 is 0.889 bits per heavy atom. The van der Waals surface area contributed by atoms with Gasteiger partial charge >= 0.3 is 43.7 Å². The van der Waals surface area contributed by atoms with Gasteiger partial charge in [-0.1, -0.05) is 96.8 Å². The second-order valence-corrected chi connectivity index (χ2v) is 6.28. The number of hydrogen-bond acceptors (Lipinski definition) is 3. The van der Waals surface area contributed by atoms with Crippen LogP contribution in [-0.2, 0) is 14.4 Å². The van der Waals surface area contributed by atoms with Crippen molar-refractivity contribution in [3.05, 3.63) is 10.8 Å². The third-order valence-electron chi connectivity index (χ3n) is 3.99. The summed E-state index contributed by atoms with van der Waals surface area (Å²) in [4.78, 5) is 26.8. The second-order valence-electron chi connectivity index (χ2n) is 6.28. The molecule has 0 rings (SSSR count). The van der Waals surface area contributed by atoms with Gasteiger partial charge in [-0.15, -0.1) is 0 Å². The summed E-state index contributed by atoms with van der Waals surface area (Å²) < 4.78 is 0. The van der Waals surface area contributed by atoms with Crippen LogP contribution in [0.5, 0.6) is 0 Å². The molecule has 0 aromatic carbocycles. The van der Waals surface area contributed by atoms with Crippen LogP contribution in [0.3, 0.4) is 0 Å². The largest absolute Gasteiger partial charge is 2.00 e. The maximum absolute atomic E-state index is 10.3. The van der Waals surface area contributed by atoms with Gasteiger partial charge in [-0.2, -0.15) is 0 Å². The van der Waals surface area contributed by atoms with Crippen LogP contribution in [0.2, 0.25) is 0 Å². The molecule has 0 bridgehead atoms. The van der Waals surface area contributed by atoms with Crippen molar-refractivity contribution < 1.29 is 19.5 Å². The number of aliphatic carboxylic acids is 1. The molecule has 7 heteroatoms. The Hall–Kier alpha value is -0.510. The summed E-state index contributed by atoms with van der Waals surface area (Å²) in [6.07, 6.45) is 21.2. The van der Waals surface area contributed by atoms with E-state index in [9.17, 15) is 4.79 Å². The number of carbonyl (C=O) groups excluding carboxylic acids is 2. The zero-order valence-corrected chi connectivity index (χ0v) is 19.3. The van der Waals surface area contributed by atoms with Crippen molar-refractivity contribution in [2.24, 2.45) is 0 Å². The van der Waals surface area contributed by atoms with Gasteiger partial charge in [0.25, 0.3) is 0 Å². The standard InChI is InChI=1S/C18H36O2.2CNO.Ca/c1-2-3-4-5-6-7-8-9-10-11-12-13-14-15-16-17-18(19)20;2*2-1-3;/h2-17H2,1H3,(H,19,20);;;/q;2*-1;+2. The number of nitrogens with zero attached hydrogens (tertiary/aromatic N) is 2. The van der Waals surface area contributed by atoms with Crippen LogP contribution in [0.25, 0.3) is 10.8 Å². The average molecular weight is 409 g/mol. The topological polar surface area (TPSA) is 116 Å². The minimum absolute atomic E-state index is 0. The predicted octanol–water partition coefficient (Wildman–Crippen LogP) is 5.73. The summed E-state index contributed by atoms with van der Waals surface area (Å²) in [5.41, 5.74) is 0. The molecule has 0 aromatic rings. The normalized spacial score (nSPS) is 8.63. The molecule has 0 atom stereocenters. The molecule has 0 amide bonds. The summed E-state index contributed by atoms with van der Waals surface area (Å²) in [5, 5.41) is 22.0. The quantitative estimate of drug-likeness (QED) is 0.152. The van der Waals surface area contributed by atoms with Gasteiger partial charge in [-0.25, -0.2) is 0 Å². The van der Waals surface area contributed by atoms with Gasteiger partial charge in [0, 0.05) is 6.42 Å². The second kappa shape index (κ2) is 36.4. The first-order valence-electron chi connectivity index (χ1n) is 9.84. The van der Waals surface area contributed by atoms with Crippen LogP contribution < -0.4 is 0 Å². The first kappa shape index (κ1) is 34.0. The molecule has 0 saturated heterocycles. The molecule has 0 fully saturated rings. The van der Waals surface area contributed by atoms with Crippen LogP contribution in [0.15, 0.2) is 0 Å². The van der Waals surface area contributed by atoms with E-state index in [2.05, 4.69) is 6.92 Å². The van der Waals surface area contributed by atoms with Crippen molar-refractivity contribution in [1.82, 2.24) is 0 Å². The van der Waals surface area contributed by atoms with E-state index in [1.165, 1.54) is 83.5 Å². The molecule has 0 aromatic heterocycles. The van der Waals surface area contributed by atoms with Crippen molar-refractivity contribution in [1.29, 1.82) is 0 Å². The average Bonchev–Trinajstić information content (AvgIpc) is 2.59. The van der Waals surface area contributed by atoms with E-state index in [1.807, 2.05) is 0 Å². The van der Waals surface area contributed by atoms with E-state index < -0.39 is 5.97 Å². The Labute approximate surface area is 194 Å². The van der Waals surface area contributed by atoms with Crippen molar-refractivity contribution in [2.45, 2.75) is 110 Å². The van der Waals surface area contributed by atoms with Gasteiger partial charge < -0.3 is 15.9 Å². The minimum atomic E-state index is -0.653. The first-order valence-corrected chi connectivity index (χ1v) is 9.84. The third kappa shape index (κ3) is 51.7. The fraction of sp³-hybridized carbons (Fsp3) is 0.850. The monoisotopic (exact) mass is 408 g/mol. The summed E-state index contributed by atoms with van der Waals surface area (Å²) >= 11 is 0. The molecule has 0 spiro atoms. The number of unbranched alkanes of at least 4 members (excludes halogenated alkanes) is 14. The van der Waals surface area contributed by atoms with Crippen LogP contribution in [0.4, 0.5) is 0 Å². The Morgan fingerprint density at radius 1 is 0.667 bits per heavy atom. The van der Waals surface area contributed by atoms with Crippen molar-refractivity contribution in [3.8, 4) is 0 Å². The van der Waals surface area contributed by atoms with E-state index >= 15 is 0 Å². The summed E-state index contributed by atoms with van der Waals surface area (Å²) in [6.45, 7) is 2.27. The van der Waals surface area contributed by atoms with Crippen molar-refractivity contribution in [3.63, 3.8) is 0 Å². The van der Waals surface area contributed by atoms with Gasteiger partial charge in [-0.05, 0) is 18.6 Å². The molecule has 152 valence electrons. The van der Waals surface area contributed by atoms with Crippen LogP contribution in [-0.4, -0.2) is 61.0 Å². The smallest absolute Gasteiger partial charge is 0.724 e.